The Morgan fingerprint density at radius 2 is 1.11 bits per heavy atom. The van der Waals surface area contributed by atoms with E-state index in [4.69, 9.17) is 0 Å². The molecule has 2 aromatic heterocycles. The number of rotatable bonds is 0. The molecule has 92 valence electrons. The third-order valence-corrected chi connectivity index (χ3v) is 2.54. The third-order valence-electron chi connectivity index (χ3n) is 2.54. The number of para-hydroxylation sites is 4. The number of hydrogen-bond acceptors (Lipinski definition) is 2. The third kappa shape index (κ3) is 3.39. The second-order valence-corrected chi connectivity index (χ2v) is 3.73. The molecule has 0 bridgehead atoms. The van der Waals surface area contributed by atoms with Crippen molar-refractivity contribution in [1.82, 2.24) is 19.9 Å². The summed E-state index contributed by atoms with van der Waals surface area (Å²) in [6.45, 7) is 0. The van der Waals surface area contributed by atoms with Crippen molar-refractivity contribution < 1.29 is 40.8 Å². The predicted molar refractivity (Wildman–Crippen MR) is 69.9 cm³/mol. The van der Waals surface area contributed by atoms with Gasteiger partial charge < -0.3 is 19.9 Å². The van der Waals surface area contributed by atoms with Crippen molar-refractivity contribution in [3.63, 3.8) is 0 Å². The summed E-state index contributed by atoms with van der Waals surface area (Å²) in [5, 5.41) is 0. The zero-order chi connectivity index (χ0) is 12.2. The summed E-state index contributed by atoms with van der Waals surface area (Å²) in [5.41, 5.74) is 4.02. The number of fused-ring (bicyclic) bond motifs is 2. The first-order chi connectivity index (χ1) is 8.93. The molecule has 0 atom stereocenters. The van der Waals surface area contributed by atoms with Crippen LogP contribution in [0.25, 0.3) is 22.1 Å². The molecule has 0 spiro atoms. The van der Waals surface area contributed by atoms with E-state index in [-0.39, 0.29) is 40.8 Å². The average Bonchev–Trinajstić information content (AvgIpc) is 3.08. The van der Waals surface area contributed by atoms with Crippen LogP contribution in [0.3, 0.4) is 0 Å². The summed E-state index contributed by atoms with van der Waals surface area (Å²) in [5.74, 6) is 0. The standard InChI is InChI=1S/2C7H5N2.Nd/c2*1-2-4-7-6(3-1)8-5-9-7;/h2*1-4H,(H,8,9);/q2*-1;. The summed E-state index contributed by atoms with van der Waals surface area (Å²) in [7, 11) is 0. The van der Waals surface area contributed by atoms with Crippen LogP contribution >= 0.6 is 0 Å². The van der Waals surface area contributed by atoms with Crippen LogP contribution in [0.5, 0.6) is 0 Å². The van der Waals surface area contributed by atoms with E-state index in [0.717, 1.165) is 22.1 Å². The summed E-state index contributed by atoms with van der Waals surface area (Å²) in [6, 6.07) is 15.7. The van der Waals surface area contributed by atoms with Crippen molar-refractivity contribution in [3.8, 4) is 0 Å². The molecule has 4 aromatic rings. The zero-order valence-corrected chi connectivity index (χ0v) is 13.2. The Bertz CT molecular complexity index is 633. The number of benzene rings is 2. The first-order valence-corrected chi connectivity index (χ1v) is 5.55. The van der Waals surface area contributed by atoms with Crippen LogP contribution < -0.4 is 0 Å². The van der Waals surface area contributed by atoms with Crippen LogP contribution in [0.4, 0.5) is 0 Å². The van der Waals surface area contributed by atoms with Crippen molar-refractivity contribution in [3.05, 3.63) is 61.2 Å². The Morgan fingerprint density at radius 1 is 0.684 bits per heavy atom. The van der Waals surface area contributed by atoms with E-state index in [1.807, 2.05) is 48.5 Å². The van der Waals surface area contributed by atoms with Gasteiger partial charge in [-0.25, -0.2) is 0 Å². The average molecular weight is 379 g/mol. The Hall–Kier alpha value is -1.27. The topological polar surface area (TPSA) is 57.4 Å². The fourth-order valence-electron chi connectivity index (χ4n) is 1.65. The maximum Gasteiger partial charge on any atom is 0 e. The van der Waals surface area contributed by atoms with Gasteiger partial charge in [-0.3, -0.25) is 0 Å². The van der Waals surface area contributed by atoms with Gasteiger partial charge in [0.15, 0.2) is 0 Å². The van der Waals surface area contributed by atoms with Crippen molar-refractivity contribution in [2.24, 2.45) is 0 Å². The number of aromatic amines is 2. The molecular formula is C14H10N4Nd-2. The van der Waals surface area contributed by atoms with Gasteiger partial charge >= 0.3 is 0 Å². The molecule has 2 aromatic carbocycles. The fourth-order valence-corrected chi connectivity index (χ4v) is 1.65. The number of aromatic nitrogens is 4. The Balaban J connectivity index is 0.000000133. The minimum Gasteiger partial charge on any atom is -0.461 e. The minimum absolute atomic E-state index is 0. The number of hydrogen-bond donors (Lipinski definition) is 2. The molecule has 4 rings (SSSR count). The van der Waals surface area contributed by atoms with E-state index in [2.05, 4.69) is 32.6 Å². The van der Waals surface area contributed by atoms with E-state index < -0.39 is 0 Å². The summed E-state index contributed by atoms with van der Waals surface area (Å²) < 4.78 is 0. The summed E-state index contributed by atoms with van der Waals surface area (Å²) in [6.07, 6.45) is 5.33. The number of H-pyrrole nitrogens is 2. The van der Waals surface area contributed by atoms with Crippen LogP contribution in [0.1, 0.15) is 0 Å². The SMILES string of the molecule is [Nd].[c-]1nc2ccccc2[nH]1.[c-]1nc2ccccc2[nH]1. The number of nitrogens with zero attached hydrogens (tertiary/aromatic N) is 2. The fraction of sp³-hybridized carbons (Fsp3) is 0. The summed E-state index contributed by atoms with van der Waals surface area (Å²) in [4.78, 5) is 13.6. The Labute approximate surface area is 143 Å². The number of nitrogens with one attached hydrogen (secondary N) is 2. The largest absolute Gasteiger partial charge is 0.461 e. The van der Waals surface area contributed by atoms with Crippen molar-refractivity contribution >= 4 is 22.1 Å². The molecule has 4 nitrogen and oxygen atoms in total. The molecule has 0 aliphatic carbocycles. The zero-order valence-electron chi connectivity index (χ0n) is 10.0. The van der Waals surface area contributed by atoms with Gasteiger partial charge in [-0.05, 0) is 12.7 Å². The molecular weight excluding hydrogens is 368 g/mol. The van der Waals surface area contributed by atoms with Gasteiger partial charge in [0.1, 0.15) is 0 Å². The van der Waals surface area contributed by atoms with Gasteiger partial charge in [0.25, 0.3) is 0 Å². The molecule has 19 heavy (non-hydrogen) atoms. The molecule has 0 aliphatic heterocycles. The molecule has 0 radical (unpaired) electrons. The van der Waals surface area contributed by atoms with Gasteiger partial charge in [0.2, 0.25) is 0 Å². The molecule has 0 saturated carbocycles. The van der Waals surface area contributed by atoms with Crippen LogP contribution in [0, 0.1) is 53.5 Å². The molecule has 0 aliphatic rings. The van der Waals surface area contributed by atoms with E-state index in [0.29, 0.717) is 0 Å². The van der Waals surface area contributed by atoms with E-state index in [1.54, 1.807) is 0 Å². The van der Waals surface area contributed by atoms with Gasteiger partial charge in [-0.1, -0.05) is 46.3 Å². The molecule has 2 heterocycles. The maximum atomic E-state index is 3.94. The van der Waals surface area contributed by atoms with E-state index >= 15 is 0 Å². The molecule has 0 unspecified atom stereocenters. The smallest absolute Gasteiger partial charge is 0 e. The van der Waals surface area contributed by atoms with Crippen LogP contribution in [-0.2, 0) is 0 Å². The molecule has 5 heteroatoms. The Morgan fingerprint density at radius 3 is 1.53 bits per heavy atom. The quantitative estimate of drug-likeness (QED) is 0.462. The monoisotopic (exact) mass is 376 g/mol. The first-order valence-electron chi connectivity index (χ1n) is 5.55. The molecule has 0 amide bonds. The predicted octanol–water partition coefficient (Wildman–Crippen LogP) is 2.73. The van der Waals surface area contributed by atoms with Crippen LogP contribution in [0.15, 0.2) is 48.5 Å². The van der Waals surface area contributed by atoms with Crippen molar-refractivity contribution in [2.45, 2.75) is 0 Å². The number of imidazole rings is 2. The van der Waals surface area contributed by atoms with E-state index in [9.17, 15) is 0 Å². The molecule has 0 saturated heterocycles. The Kier molecular flexibility index (Phi) is 5.04. The molecule has 0 fully saturated rings. The normalized spacial score (nSPS) is 9.68. The summed E-state index contributed by atoms with van der Waals surface area (Å²) >= 11 is 0. The van der Waals surface area contributed by atoms with Gasteiger partial charge in [-0.2, -0.15) is 0 Å². The van der Waals surface area contributed by atoms with Crippen molar-refractivity contribution in [2.75, 3.05) is 0 Å². The minimum atomic E-state index is 0. The first kappa shape index (κ1) is 14.1. The molecule has 2 N–H and O–H groups in total. The second kappa shape index (κ2) is 6.77. The van der Waals surface area contributed by atoms with Gasteiger partial charge in [-0.15, -0.1) is 24.3 Å². The van der Waals surface area contributed by atoms with Crippen LogP contribution in [-0.4, -0.2) is 19.9 Å². The maximum absolute atomic E-state index is 3.94. The van der Waals surface area contributed by atoms with Gasteiger partial charge in [0, 0.05) is 40.8 Å². The van der Waals surface area contributed by atoms with Gasteiger partial charge in [0.05, 0.1) is 0 Å². The second-order valence-electron chi connectivity index (χ2n) is 3.73. The van der Waals surface area contributed by atoms with E-state index in [1.165, 1.54) is 0 Å². The van der Waals surface area contributed by atoms with Crippen molar-refractivity contribution in [1.29, 1.82) is 0 Å². The van der Waals surface area contributed by atoms with Crippen LogP contribution in [0.2, 0.25) is 0 Å².